The Hall–Kier alpha value is -2.16. The van der Waals surface area contributed by atoms with Crippen molar-refractivity contribution in [2.24, 2.45) is 0 Å². The lowest BCUT2D eigenvalue weighted by molar-refractivity contribution is -0.126. The predicted molar refractivity (Wildman–Crippen MR) is 75.9 cm³/mol. The van der Waals surface area contributed by atoms with Gasteiger partial charge in [-0.1, -0.05) is 30.4 Å². The molecule has 0 saturated heterocycles. The van der Waals surface area contributed by atoms with Crippen LogP contribution in [0.4, 0.5) is 5.69 Å². The molecule has 0 N–H and O–H groups in total. The maximum Gasteiger partial charge on any atom is 0.260 e. The summed E-state index contributed by atoms with van der Waals surface area (Å²) in [6.07, 6.45) is 3.31. The number of benzene rings is 1. The molecule has 0 fully saturated rings. The molecule has 3 nitrogen and oxygen atoms in total. The van der Waals surface area contributed by atoms with Crippen LogP contribution in [0.2, 0.25) is 0 Å². The minimum Gasteiger partial charge on any atom is -0.273 e. The van der Waals surface area contributed by atoms with Crippen LogP contribution in [0.5, 0.6) is 0 Å². The normalized spacial score (nSPS) is 22.4. The highest BCUT2D eigenvalue weighted by Gasteiger charge is 2.47. The summed E-state index contributed by atoms with van der Waals surface area (Å²) in [5.41, 5.74) is 1.20. The van der Waals surface area contributed by atoms with Crippen molar-refractivity contribution in [3.63, 3.8) is 0 Å². The highest BCUT2D eigenvalue weighted by atomic mass is 16.2. The maximum absolute atomic E-state index is 12.6. The predicted octanol–water partition coefficient (Wildman–Crippen LogP) is 2.97. The van der Waals surface area contributed by atoms with Crippen molar-refractivity contribution in [2.45, 2.75) is 26.2 Å². The molecule has 0 bridgehead atoms. The Balaban J connectivity index is 2.63. The van der Waals surface area contributed by atoms with E-state index in [1.54, 1.807) is 39.0 Å². The van der Waals surface area contributed by atoms with E-state index in [2.05, 4.69) is 6.58 Å². The molecular weight excluding hydrogens is 238 g/mol. The van der Waals surface area contributed by atoms with E-state index in [4.69, 9.17) is 0 Å². The number of para-hydroxylation sites is 1. The van der Waals surface area contributed by atoms with Gasteiger partial charge in [0.1, 0.15) is 0 Å². The van der Waals surface area contributed by atoms with Crippen LogP contribution in [0.25, 0.3) is 0 Å². The Morgan fingerprint density at radius 3 is 2.58 bits per heavy atom. The lowest BCUT2D eigenvalue weighted by Gasteiger charge is -2.19. The summed E-state index contributed by atoms with van der Waals surface area (Å²) >= 11 is 0. The molecular formula is C16H17NO2. The van der Waals surface area contributed by atoms with Gasteiger partial charge in [0, 0.05) is 5.57 Å². The van der Waals surface area contributed by atoms with E-state index in [1.165, 1.54) is 4.90 Å². The minimum absolute atomic E-state index is 0.241. The molecule has 1 aliphatic rings. The number of hydrogen-bond donors (Lipinski definition) is 0. The smallest absolute Gasteiger partial charge is 0.260 e. The largest absolute Gasteiger partial charge is 0.273 e. The Morgan fingerprint density at radius 2 is 2.00 bits per heavy atom. The number of amides is 2. The third-order valence-electron chi connectivity index (χ3n) is 3.73. The van der Waals surface area contributed by atoms with Crippen LogP contribution in [0.15, 0.2) is 48.6 Å². The zero-order valence-corrected chi connectivity index (χ0v) is 11.4. The summed E-state index contributed by atoms with van der Waals surface area (Å²) in [6, 6.07) is 7.35. The van der Waals surface area contributed by atoms with Crippen molar-refractivity contribution >= 4 is 17.5 Å². The zero-order chi connectivity index (χ0) is 14.2. The molecule has 0 spiro atoms. The van der Waals surface area contributed by atoms with Gasteiger partial charge in [-0.3, -0.25) is 9.59 Å². The Morgan fingerprint density at radius 1 is 1.37 bits per heavy atom. The highest BCUT2D eigenvalue weighted by Crippen LogP contribution is 2.42. The van der Waals surface area contributed by atoms with Crippen molar-refractivity contribution in [1.82, 2.24) is 0 Å². The van der Waals surface area contributed by atoms with Gasteiger partial charge in [-0.25, -0.2) is 4.90 Å². The standard InChI is InChI=1S/C16H17NO2/c1-5-11(3)14(18)17-13-10-8-7-9-12(13)16(4,6-2)15(17)19/h5-10H,2H2,1,3-4H3/b11-5+. The van der Waals surface area contributed by atoms with Gasteiger partial charge in [-0.15, -0.1) is 6.58 Å². The number of carbonyl (C=O) groups is 2. The van der Waals surface area contributed by atoms with Crippen LogP contribution in [-0.4, -0.2) is 11.8 Å². The fourth-order valence-electron chi connectivity index (χ4n) is 2.26. The van der Waals surface area contributed by atoms with E-state index in [1.807, 2.05) is 18.2 Å². The van der Waals surface area contributed by atoms with Gasteiger partial charge < -0.3 is 0 Å². The van der Waals surface area contributed by atoms with Crippen molar-refractivity contribution in [1.29, 1.82) is 0 Å². The second-order valence-electron chi connectivity index (χ2n) is 4.84. The molecule has 0 aromatic heterocycles. The van der Waals surface area contributed by atoms with E-state index in [0.29, 0.717) is 11.3 Å². The van der Waals surface area contributed by atoms with Crippen LogP contribution in [-0.2, 0) is 15.0 Å². The molecule has 2 amide bonds. The third kappa shape index (κ3) is 1.73. The molecule has 2 rings (SSSR count). The first kappa shape index (κ1) is 13.3. The van der Waals surface area contributed by atoms with Crippen LogP contribution < -0.4 is 4.90 Å². The Bertz CT molecular complexity index is 601. The number of imide groups is 1. The highest BCUT2D eigenvalue weighted by molar-refractivity contribution is 6.27. The average molecular weight is 255 g/mol. The summed E-state index contributed by atoms with van der Waals surface area (Å²) in [6.45, 7) is 9.03. The topological polar surface area (TPSA) is 37.4 Å². The number of carbonyl (C=O) groups excluding carboxylic acids is 2. The van der Waals surface area contributed by atoms with E-state index in [9.17, 15) is 9.59 Å². The van der Waals surface area contributed by atoms with Crippen LogP contribution >= 0.6 is 0 Å². The van der Waals surface area contributed by atoms with E-state index < -0.39 is 5.41 Å². The van der Waals surface area contributed by atoms with Gasteiger partial charge in [0.25, 0.3) is 5.91 Å². The molecule has 1 atom stereocenters. The fourth-order valence-corrected chi connectivity index (χ4v) is 2.26. The van der Waals surface area contributed by atoms with Gasteiger partial charge in [-0.05, 0) is 32.4 Å². The number of rotatable bonds is 2. The molecule has 3 heteroatoms. The first-order chi connectivity index (χ1) is 8.97. The Kier molecular flexibility index (Phi) is 3.14. The second kappa shape index (κ2) is 4.50. The monoisotopic (exact) mass is 255 g/mol. The molecule has 1 aromatic carbocycles. The molecule has 1 aromatic rings. The summed E-state index contributed by atoms with van der Waals surface area (Å²) in [5.74, 6) is -0.513. The van der Waals surface area contributed by atoms with Crippen molar-refractivity contribution in [3.8, 4) is 0 Å². The van der Waals surface area contributed by atoms with Gasteiger partial charge >= 0.3 is 0 Å². The van der Waals surface area contributed by atoms with Crippen molar-refractivity contribution in [3.05, 3.63) is 54.1 Å². The lowest BCUT2D eigenvalue weighted by atomic mass is 9.84. The SMILES string of the molecule is C=CC1(C)C(=O)N(C(=O)/C(C)=C/C)c2ccccc21. The lowest BCUT2D eigenvalue weighted by Crippen LogP contribution is -2.41. The quantitative estimate of drug-likeness (QED) is 0.602. The first-order valence-corrected chi connectivity index (χ1v) is 6.22. The molecule has 0 saturated carbocycles. The summed E-state index contributed by atoms with van der Waals surface area (Å²) < 4.78 is 0. The molecule has 1 unspecified atom stereocenters. The van der Waals surface area contributed by atoms with E-state index in [-0.39, 0.29) is 11.8 Å². The van der Waals surface area contributed by atoms with Crippen LogP contribution in [0.3, 0.4) is 0 Å². The van der Waals surface area contributed by atoms with E-state index in [0.717, 1.165) is 5.56 Å². The average Bonchev–Trinajstić information content (AvgIpc) is 2.67. The zero-order valence-electron chi connectivity index (χ0n) is 11.4. The molecule has 1 heterocycles. The summed E-state index contributed by atoms with van der Waals surface area (Å²) in [4.78, 5) is 26.2. The van der Waals surface area contributed by atoms with Crippen LogP contribution in [0, 0.1) is 0 Å². The van der Waals surface area contributed by atoms with Crippen molar-refractivity contribution < 1.29 is 9.59 Å². The fraction of sp³-hybridized carbons (Fsp3) is 0.250. The molecule has 98 valence electrons. The Labute approximate surface area is 113 Å². The number of hydrogen-bond acceptors (Lipinski definition) is 2. The summed E-state index contributed by atoms with van der Waals surface area (Å²) in [5, 5.41) is 0. The van der Waals surface area contributed by atoms with Gasteiger partial charge in [0.2, 0.25) is 5.91 Å². The molecule has 0 radical (unpaired) electrons. The molecule has 19 heavy (non-hydrogen) atoms. The second-order valence-corrected chi connectivity index (χ2v) is 4.84. The number of allylic oxidation sites excluding steroid dienone is 1. The van der Waals surface area contributed by atoms with Gasteiger partial charge in [-0.2, -0.15) is 0 Å². The van der Waals surface area contributed by atoms with Gasteiger partial charge in [0.05, 0.1) is 11.1 Å². The first-order valence-electron chi connectivity index (χ1n) is 6.22. The van der Waals surface area contributed by atoms with Crippen LogP contribution in [0.1, 0.15) is 26.3 Å². The number of nitrogens with zero attached hydrogens (tertiary/aromatic N) is 1. The molecule has 0 aliphatic carbocycles. The van der Waals surface area contributed by atoms with Crippen molar-refractivity contribution in [2.75, 3.05) is 4.90 Å². The maximum atomic E-state index is 12.6. The number of fused-ring (bicyclic) bond motifs is 1. The van der Waals surface area contributed by atoms with Gasteiger partial charge in [0.15, 0.2) is 0 Å². The number of anilines is 1. The minimum atomic E-state index is -0.833. The third-order valence-corrected chi connectivity index (χ3v) is 3.73. The van der Waals surface area contributed by atoms with E-state index >= 15 is 0 Å². The molecule has 1 aliphatic heterocycles. The summed E-state index contributed by atoms with van der Waals surface area (Å²) in [7, 11) is 0.